The van der Waals surface area contributed by atoms with E-state index in [1.807, 2.05) is 20.0 Å². The standard InChI is InChI=1S/C7H12N2O/c1-6-3-8-9(4-6)7(2)5-10/h3-4,7,10H,5H2,1-2H3/t7-/m1/s1. The highest BCUT2D eigenvalue weighted by Gasteiger charge is 2.01. The van der Waals surface area contributed by atoms with Crippen molar-refractivity contribution in [3.8, 4) is 0 Å². The Morgan fingerprint density at radius 3 is 2.90 bits per heavy atom. The van der Waals surface area contributed by atoms with Gasteiger partial charge in [-0.1, -0.05) is 0 Å². The zero-order valence-electron chi connectivity index (χ0n) is 6.28. The average Bonchev–Trinajstić information content (AvgIpc) is 2.34. The Kier molecular flexibility index (Phi) is 2.06. The van der Waals surface area contributed by atoms with Crippen molar-refractivity contribution >= 4 is 0 Å². The number of aryl methyl sites for hydroxylation is 1. The van der Waals surface area contributed by atoms with E-state index >= 15 is 0 Å². The summed E-state index contributed by atoms with van der Waals surface area (Å²) in [7, 11) is 0. The van der Waals surface area contributed by atoms with E-state index in [9.17, 15) is 0 Å². The predicted octanol–water partition coefficient (Wildman–Crippen LogP) is 0.745. The highest BCUT2D eigenvalue weighted by atomic mass is 16.3. The molecule has 1 heterocycles. The molecular formula is C7H12N2O. The topological polar surface area (TPSA) is 38.0 Å². The van der Waals surface area contributed by atoms with E-state index in [0.717, 1.165) is 5.56 Å². The van der Waals surface area contributed by atoms with Crippen LogP contribution in [0.4, 0.5) is 0 Å². The number of aliphatic hydroxyl groups is 1. The highest BCUT2D eigenvalue weighted by Crippen LogP contribution is 2.03. The second kappa shape index (κ2) is 2.84. The van der Waals surface area contributed by atoms with Gasteiger partial charge in [-0.15, -0.1) is 0 Å². The SMILES string of the molecule is Cc1cnn([C@H](C)CO)c1. The smallest absolute Gasteiger partial charge is 0.0721 e. The highest BCUT2D eigenvalue weighted by molar-refractivity contribution is 5.00. The molecule has 0 amide bonds. The number of rotatable bonds is 2. The maximum atomic E-state index is 8.74. The monoisotopic (exact) mass is 140 g/mol. The summed E-state index contributed by atoms with van der Waals surface area (Å²) in [6.07, 6.45) is 3.70. The third-order valence-electron chi connectivity index (χ3n) is 1.45. The van der Waals surface area contributed by atoms with Gasteiger partial charge in [-0.3, -0.25) is 4.68 Å². The zero-order chi connectivity index (χ0) is 7.56. The van der Waals surface area contributed by atoms with Gasteiger partial charge in [-0.2, -0.15) is 5.10 Å². The molecule has 56 valence electrons. The van der Waals surface area contributed by atoms with Crippen LogP contribution in [0.1, 0.15) is 18.5 Å². The van der Waals surface area contributed by atoms with Gasteiger partial charge in [-0.25, -0.2) is 0 Å². The zero-order valence-corrected chi connectivity index (χ0v) is 6.28. The first-order valence-corrected chi connectivity index (χ1v) is 3.35. The minimum Gasteiger partial charge on any atom is -0.394 e. The number of nitrogens with zero attached hydrogens (tertiary/aromatic N) is 2. The van der Waals surface area contributed by atoms with Crippen LogP contribution in [-0.4, -0.2) is 21.5 Å². The lowest BCUT2D eigenvalue weighted by atomic mass is 10.4. The summed E-state index contributed by atoms with van der Waals surface area (Å²) in [6.45, 7) is 4.04. The van der Waals surface area contributed by atoms with Crippen LogP contribution in [-0.2, 0) is 0 Å². The number of aliphatic hydroxyl groups excluding tert-OH is 1. The van der Waals surface area contributed by atoms with Gasteiger partial charge in [0.05, 0.1) is 18.8 Å². The molecule has 0 aliphatic carbocycles. The molecular weight excluding hydrogens is 128 g/mol. The molecule has 1 rings (SSSR count). The summed E-state index contributed by atoms with van der Waals surface area (Å²) in [5.41, 5.74) is 1.13. The van der Waals surface area contributed by atoms with Crippen molar-refractivity contribution in [2.24, 2.45) is 0 Å². The third-order valence-corrected chi connectivity index (χ3v) is 1.45. The van der Waals surface area contributed by atoms with E-state index in [0.29, 0.717) is 0 Å². The lowest BCUT2D eigenvalue weighted by Gasteiger charge is -2.06. The van der Waals surface area contributed by atoms with Crippen molar-refractivity contribution < 1.29 is 5.11 Å². The van der Waals surface area contributed by atoms with Gasteiger partial charge in [0.15, 0.2) is 0 Å². The normalized spacial score (nSPS) is 13.5. The van der Waals surface area contributed by atoms with Crippen LogP contribution in [0.25, 0.3) is 0 Å². The molecule has 3 heteroatoms. The lowest BCUT2D eigenvalue weighted by Crippen LogP contribution is -2.09. The van der Waals surface area contributed by atoms with E-state index in [1.54, 1.807) is 10.9 Å². The summed E-state index contributed by atoms with van der Waals surface area (Å²) < 4.78 is 1.76. The molecule has 0 spiro atoms. The minimum absolute atomic E-state index is 0.0914. The quantitative estimate of drug-likeness (QED) is 0.658. The molecule has 0 radical (unpaired) electrons. The minimum atomic E-state index is 0.0914. The van der Waals surface area contributed by atoms with Gasteiger partial charge in [0.25, 0.3) is 0 Å². The van der Waals surface area contributed by atoms with Gasteiger partial charge < -0.3 is 5.11 Å². The first kappa shape index (κ1) is 7.28. The fraction of sp³-hybridized carbons (Fsp3) is 0.571. The summed E-state index contributed by atoms with van der Waals surface area (Å²) >= 11 is 0. The lowest BCUT2D eigenvalue weighted by molar-refractivity contribution is 0.229. The summed E-state index contributed by atoms with van der Waals surface area (Å²) in [5.74, 6) is 0. The van der Waals surface area contributed by atoms with Crippen molar-refractivity contribution in [1.29, 1.82) is 0 Å². The fourth-order valence-corrected chi connectivity index (χ4v) is 0.758. The van der Waals surface area contributed by atoms with Gasteiger partial charge in [-0.05, 0) is 19.4 Å². The molecule has 0 saturated carbocycles. The second-order valence-corrected chi connectivity index (χ2v) is 2.53. The van der Waals surface area contributed by atoms with Crippen LogP contribution in [0.3, 0.4) is 0 Å². The maximum absolute atomic E-state index is 8.74. The fourth-order valence-electron chi connectivity index (χ4n) is 0.758. The van der Waals surface area contributed by atoms with Crippen LogP contribution in [0.15, 0.2) is 12.4 Å². The molecule has 1 atom stereocenters. The Morgan fingerprint density at radius 2 is 2.50 bits per heavy atom. The molecule has 0 bridgehead atoms. The molecule has 1 aromatic rings. The molecule has 10 heavy (non-hydrogen) atoms. The predicted molar refractivity (Wildman–Crippen MR) is 38.8 cm³/mol. The summed E-state index contributed by atoms with van der Waals surface area (Å²) in [5, 5.41) is 12.8. The number of hydrogen-bond acceptors (Lipinski definition) is 2. The van der Waals surface area contributed by atoms with Crippen molar-refractivity contribution in [2.75, 3.05) is 6.61 Å². The van der Waals surface area contributed by atoms with Crippen molar-refractivity contribution in [3.05, 3.63) is 18.0 Å². The second-order valence-electron chi connectivity index (χ2n) is 2.53. The Balaban J connectivity index is 2.74. The van der Waals surface area contributed by atoms with Gasteiger partial charge in [0.1, 0.15) is 0 Å². The van der Waals surface area contributed by atoms with Crippen molar-refractivity contribution in [1.82, 2.24) is 9.78 Å². The summed E-state index contributed by atoms with van der Waals surface area (Å²) in [6, 6.07) is 0.0914. The Labute approximate surface area is 60.3 Å². The van der Waals surface area contributed by atoms with Crippen LogP contribution >= 0.6 is 0 Å². The average molecular weight is 140 g/mol. The molecule has 0 saturated heterocycles. The van der Waals surface area contributed by atoms with Crippen molar-refractivity contribution in [2.45, 2.75) is 19.9 Å². The molecule has 0 aromatic carbocycles. The van der Waals surface area contributed by atoms with E-state index < -0.39 is 0 Å². The Hall–Kier alpha value is -0.830. The molecule has 0 aliphatic rings. The van der Waals surface area contributed by atoms with Gasteiger partial charge in [0.2, 0.25) is 0 Å². The van der Waals surface area contributed by atoms with Gasteiger partial charge >= 0.3 is 0 Å². The third kappa shape index (κ3) is 1.36. The molecule has 0 fully saturated rings. The van der Waals surface area contributed by atoms with Crippen LogP contribution in [0.5, 0.6) is 0 Å². The molecule has 0 unspecified atom stereocenters. The number of hydrogen-bond donors (Lipinski definition) is 1. The molecule has 1 N–H and O–H groups in total. The largest absolute Gasteiger partial charge is 0.394 e. The van der Waals surface area contributed by atoms with E-state index in [2.05, 4.69) is 5.10 Å². The van der Waals surface area contributed by atoms with Crippen LogP contribution in [0.2, 0.25) is 0 Å². The van der Waals surface area contributed by atoms with Crippen LogP contribution < -0.4 is 0 Å². The van der Waals surface area contributed by atoms with E-state index in [-0.39, 0.29) is 12.6 Å². The molecule has 0 aliphatic heterocycles. The molecule has 1 aromatic heterocycles. The first-order valence-electron chi connectivity index (χ1n) is 3.35. The van der Waals surface area contributed by atoms with Gasteiger partial charge in [0, 0.05) is 6.20 Å². The molecule has 3 nitrogen and oxygen atoms in total. The van der Waals surface area contributed by atoms with Crippen molar-refractivity contribution in [3.63, 3.8) is 0 Å². The first-order chi connectivity index (χ1) is 4.74. The maximum Gasteiger partial charge on any atom is 0.0721 e. The Morgan fingerprint density at radius 1 is 1.80 bits per heavy atom. The van der Waals surface area contributed by atoms with Crippen LogP contribution in [0, 0.1) is 6.92 Å². The van der Waals surface area contributed by atoms with E-state index in [4.69, 9.17) is 5.11 Å². The van der Waals surface area contributed by atoms with E-state index in [1.165, 1.54) is 0 Å². The summed E-state index contributed by atoms with van der Waals surface area (Å²) in [4.78, 5) is 0. The Bertz CT molecular complexity index is 207. The number of aromatic nitrogens is 2.